The number of methoxy groups -OCH3 is 2. The zero-order valence-electron chi connectivity index (χ0n) is 26.8. The molecular weight excluding hydrogens is 574 g/mol. The van der Waals surface area contributed by atoms with Crippen LogP contribution < -0.4 is 29.6 Å². The maximum Gasteiger partial charge on any atom is 0.274 e. The van der Waals surface area contributed by atoms with Gasteiger partial charge in [-0.05, 0) is 36.6 Å². The Morgan fingerprint density at radius 3 is 2.34 bits per heavy atom. The third kappa shape index (κ3) is 8.45. The van der Waals surface area contributed by atoms with Crippen LogP contribution in [0.15, 0.2) is 65.3 Å². The molecule has 0 radical (unpaired) electrons. The van der Waals surface area contributed by atoms with Crippen molar-refractivity contribution in [2.45, 2.75) is 52.9 Å². The SMILES string of the molecule is CCCN(CCOCc1ccccc1)c1nc(OC)c(NC(=O)C2=CCC(Oc3cc([Si](C)(C)C)ccc3C)=N2)c(OC)n1. The van der Waals surface area contributed by atoms with E-state index >= 15 is 0 Å². The highest BCUT2D eigenvalue weighted by Gasteiger charge is 2.25. The average molecular weight is 618 g/mol. The summed E-state index contributed by atoms with van der Waals surface area (Å²) in [5, 5.41) is 4.13. The van der Waals surface area contributed by atoms with Gasteiger partial charge in [0.15, 0.2) is 11.6 Å². The van der Waals surface area contributed by atoms with Gasteiger partial charge < -0.3 is 29.2 Å². The van der Waals surface area contributed by atoms with E-state index in [1.807, 2.05) is 42.2 Å². The quantitative estimate of drug-likeness (QED) is 0.187. The van der Waals surface area contributed by atoms with Gasteiger partial charge in [0.2, 0.25) is 17.7 Å². The standard InChI is InChI=1S/C33H43N5O5Si/c1-8-18-38(19-20-42-22-24-12-10-9-11-13-24)33-36-31(40-3)29(32(37-33)41-4)35-30(39)26-16-17-28(34-26)43-27-21-25(44(5,6)7)15-14-23(27)2/h9-16,21H,8,17-20,22H2,1-7H3,(H,35,39). The molecule has 0 saturated heterocycles. The van der Waals surface area contributed by atoms with Crippen LogP contribution in [0.2, 0.25) is 19.6 Å². The minimum Gasteiger partial charge on any atom is -0.479 e. The number of hydrogen-bond donors (Lipinski definition) is 1. The van der Waals surface area contributed by atoms with Crippen molar-refractivity contribution in [3.63, 3.8) is 0 Å². The molecule has 1 aliphatic heterocycles. The number of ether oxygens (including phenoxy) is 4. The number of carbonyl (C=O) groups is 1. The number of anilines is 2. The molecule has 4 rings (SSSR count). The Morgan fingerprint density at radius 2 is 1.70 bits per heavy atom. The third-order valence-electron chi connectivity index (χ3n) is 7.08. The zero-order chi connectivity index (χ0) is 31.7. The summed E-state index contributed by atoms with van der Waals surface area (Å²) >= 11 is 0. The highest BCUT2D eigenvalue weighted by atomic mass is 28.3. The van der Waals surface area contributed by atoms with E-state index in [2.05, 4.69) is 65.0 Å². The van der Waals surface area contributed by atoms with Crippen LogP contribution in [0.3, 0.4) is 0 Å². The van der Waals surface area contributed by atoms with Gasteiger partial charge in [-0.25, -0.2) is 4.99 Å². The van der Waals surface area contributed by atoms with Gasteiger partial charge in [-0.2, -0.15) is 9.97 Å². The molecule has 0 aliphatic carbocycles. The molecule has 0 unspecified atom stereocenters. The second kappa shape index (κ2) is 15.0. The average Bonchev–Trinajstić information content (AvgIpc) is 3.48. The van der Waals surface area contributed by atoms with Crippen molar-refractivity contribution >= 4 is 36.7 Å². The van der Waals surface area contributed by atoms with Gasteiger partial charge in [-0.3, -0.25) is 4.79 Å². The predicted octanol–water partition coefficient (Wildman–Crippen LogP) is 5.48. The molecule has 2 heterocycles. The highest BCUT2D eigenvalue weighted by Crippen LogP contribution is 2.34. The topological polar surface area (TPSA) is 107 Å². The van der Waals surface area contributed by atoms with Crippen LogP contribution in [-0.2, 0) is 16.1 Å². The normalized spacial score (nSPS) is 12.8. The van der Waals surface area contributed by atoms with Gasteiger partial charge >= 0.3 is 0 Å². The molecule has 0 spiro atoms. The number of benzene rings is 2. The van der Waals surface area contributed by atoms with E-state index in [-0.39, 0.29) is 23.1 Å². The molecule has 234 valence electrons. The van der Waals surface area contributed by atoms with Crippen molar-refractivity contribution in [2.75, 3.05) is 44.1 Å². The minimum atomic E-state index is -1.52. The number of nitrogens with zero attached hydrogens (tertiary/aromatic N) is 4. The van der Waals surface area contributed by atoms with Crippen molar-refractivity contribution in [3.05, 3.63) is 71.4 Å². The molecule has 0 bridgehead atoms. The summed E-state index contributed by atoms with van der Waals surface area (Å²) in [6.45, 7) is 13.2. The van der Waals surface area contributed by atoms with Crippen molar-refractivity contribution in [1.82, 2.24) is 9.97 Å². The summed E-state index contributed by atoms with van der Waals surface area (Å²) in [4.78, 5) is 29.0. The summed E-state index contributed by atoms with van der Waals surface area (Å²) in [6.07, 6.45) is 3.01. The van der Waals surface area contributed by atoms with E-state index in [1.165, 1.54) is 19.4 Å². The maximum absolute atomic E-state index is 13.3. The highest BCUT2D eigenvalue weighted by molar-refractivity contribution is 6.88. The van der Waals surface area contributed by atoms with Crippen molar-refractivity contribution in [1.29, 1.82) is 0 Å². The Labute approximate surface area is 261 Å². The summed E-state index contributed by atoms with van der Waals surface area (Å²) in [5.41, 5.74) is 2.58. The number of nitrogens with one attached hydrogen (secondary N) is 1. The molecule has 0 saturated carbocycles. The van der Waals surface area contributed by atoms with Crippen molar-refractivity contribution < 1.29 is 23.7 Å². The van der Waals surface area contributed by atoms with E-state index in [1.54, 1.807) is 6.08 Å². The smallest absolute Gasteiger partial charge is 0.274 e. The molecule has 1 aromatic heterocycles. The predicted molar refractivity (Wildman–Crippen MR) is 177 cm³/mol. The fourth-order valence-corrected chi connectivity index (χ4v) is 5.72. The van der Waals surface area contributed by atoms with Crippen LogP contribution in [0.1, 0.15) is 30.9 Å². The zero-order valence-corrected chi connectivity index (χ0v) is 27.8. The largest absolute Gasteiger partial charge is 0.479 e. The molecule has 1 aliphatic rings. The summed E-state index contributed by atoms with van der Waals surface area (Å²) in [5.74, 6) is 1.57. The number of carbonyl (C=O) groups excluding carboxylic acids is 1. The monoisotopic (exact) mass is 617 g/mol. The fraction of sp³-hybridized carbons (Fsp3) is 0.394. The van der Waals surface area contributed by atoms with Crippen molar-refractivity contribution in [2.24, 2.45) is 4.99 Å². The molecule has 11 heteroatoms. The Bertz CT molecular complexity index is 1480. The second-order valence-electron chi connectivity index (χ2n) is 11.5. The maximum atomic E-state index is 13.3. The van der Waals surface area contributed by atoms with Gasteiger partial charge in [0.05, 0.1) is 35.5 Å². The molecule has 1 N–H and O–H groups in total. The summed E-state index contributed by atoms with van der Waals surface area (Å²) in [6, 6.07) is 16.4. The number of hydrogen-bond acceptors (Lipinski definition) is 9. The van der Waals surface area contributed by atoms with Gasteiger partial charge in [0.25, 0.3) is 5.91 Å². The Morgan fingerprint density at radius 1 is 1.00 bits per heavy atom. The van der Waals surface area contributed by atoms with Crippen LogP contribution in [0.5, 0.6) is 17.5 Å². The molecule has 44 heavy (non-hydrogen) atoms. The Kier molecular flexibility index (Phi) is 11.1. The summed E-state index contributed by atoms with van der Waals surface area (Å²) in [7, 11) is 1.46. The van der Waals surface area contributed by atoms with E-state index in [9.17, 15) is 4.79 Å². The molecule has 1 amide bonds. The molecule has 0 fully saturated rings. The number of aliphatic imine (C=N–C) groups is 1. The van der Waals surface area contributed by atoms with Gasteiger partial charge in [-0.1, -0.05) is 74.2 Å². The van der Waals surface area contributed by atoms with Crippen molar-refractivity contribution in [3.8, 4) is 17.5 Å². The Balaban J connectivity index is 1.45. The van der Waals surface area contributed by atoms with Gasteiger partial charge in [0.1, 0.15) is 11.4 Å². The van der Waals surface area contributed by atoms with E-state index < -0.39 is 14.0 Å². The van der Waals surface area contributed by atoms with Crippen LogP contribution >= 0.6 is 0 Å². The van der Waals surface area contributed by atoms with E-state index in [0.717, 1.165) is 23.3 Å². The molecule has 3 aromatic rings. The molecule has 10 nitrogen and oxygen atoms in total. The van der Waals surface area contributed by atoms with Gasteiger partial charge in [-0.15, -0.1) is 0 Å². The first kappa shape index (κ1) is 32.7. The van der Waals surface area contributed by atoms with E-state index in [0.29, 0.717) is 44.6 Å². The molecule has 2 aromatic carbocycles. The minimum absolute atomic E-state index is 0.185. The van der Waals surface area contributed by atoms with Gasteiger partial charge in [0, 0.05) is 19.5 Å². The lowest BCUT2D eigenvalue weighted by molar-refractivity contribution is -0.112. The fourth-order valence-electron chi connectivity index (χ4n) is 4.57. The number of amides is 1. The first-order valence-electron chi connectivity index (χ1n) is 14.9. The Hall–Kier alpha value is -4.22. The second-order valence-corrected chi connectivity index (χ2v) is 16.6. The first-order chi connectivity index (χ1) is 21.1. The number of aryl methyl sites for hydroxylation is 1. The lowest BCUT2D eigenvalue weighted by Crippen LogP contribution is -2.37. The van der Waals surface area contributed by atoms with Crippen LogP contribution in [0.25, 0.3) is 0 Å². The number of rotatable bonds is 14. The van der Waals surface area contributed by atoms with Crippen LogP contribution in [-0.4, -0.2) is 63.8 Å². The van der Waals surface area contributed by atoms with E-state index in [4.69, 9.17) is 18.9 Å². The molecular formula is C33H43N5O5Si. The van der Waals surface area contributed by atoms with Crippen LogP contribution in [0.4, 0.5) is 11.6 Å². The van der Waals surface area contributed by atoms with Crippen LogP contribution in [0, 0.1) is 6.92 Å². The molecule has 0 atom stereocenters. The number of aromatic nitrogens is 2. The third-order valence-corrected chi connectivity index (χ3v) is 9.12. The lowest BCUT2D eigenvalue weighted by Gasteiger charge is -2.23. The summed E-state index contributed by atoms with van der Waals surface area (Å²) < 4.78 is 23.2. The first-order valence-corrected chi connectivity index (χ1v) is 18.4. The lowest BCUT2D eigenvalue weighted by atomic mass is 10.2.